The van der Waals surface area contributed by atoms with Gasteiger partial charge in [-0.05, 0) is 58.2 Å². The molecule has 10 nitrogen and oxygen atoms in total. The molecular weight excluding hydrogens is 460 g/mol. The van der Waals surface area contributed by atoms with Gasteiger partial charge < -0.3 is 15.0 Å². The molecule has 5 rings (SSSR count). The minimum atomic E-state index is -0.554. The molecule has 0 spiro atoms. The van der Waals surface area contributed by atoms with Gasteiger partial charge in [-0.3, -0.25) is 9.59 Å². The molecule has 4 heterocycles. The Morgan fingerprint density at radius 1 is 1.08 bits per heavy atom. The Kier molecular flexibility index (Phi) is 5.82. The summed E-state index contributed by atoms with van der Waals surface area (Å²) in [4.78, 5) is 54.8. The van der Waals surface area contributed by atoms with Crippen molar-refractivity contribution < 1.29 is 19.1 Å². The maximum absolute atomic E-state index is 13.0. The fourth-order valence-electron chi connectivity index (χ4n) is 4.53. The van der Waals surface area contributed by atoms with Crippen LogP contribution in [0.4, 0.5) is 16.6 Å². The number of imide groups is 1. The highest BCUT2D eigenvalue weighted by molar-refractivity contribution is 6.35. The van der Waals surface area contributed by atoms with Crippen LogP contribution < -0.4 is 10.2 Å². The number of nitrogens with zero attached hydrogens (tertiary/aromatic N) is 5. The Labute approximate surface area is 208 Å². The number of likely N-dealkylation sites (tertiary alicyclic amines) is 1. The topological polar surface area (TPSA) is 118 Å². The highest BCUT2D eigenvalue weighted by Crippen LogP contribution is 2.32. The van der Waals surface area contributed by atoms with Crippen LogP contribution in [0.2, 0.25) is 0 Å². The third-order valence-electron chi connectivity index (χ3n) is 6.20. The number of hydrogen-bond donors (Lipinski definition) is 1. The van der Waals surface area contributed by atoms with E-state index in [1.54, 1.807) is 41.6 Å². The van der Waals surface area contributed by atoms with Crippen molar-refractivity contribution in [3.8, 4) is 0 Å². The molecule has 36 heavy (non-hydrogen) atoms. The van der Waals surface area contributed by atoms with E-state index in [2.05, 4.69) is 20.3 Å². The standard InChI is InChI=1S/C26H28N6O4/c1-15-12-27-21(32-22(33)17-9-5-6-10-18(17)23(32)34)19-13-28-24(30-20(15)19)29-16-8-7-11-31(14-16)25(35)36-26(2,3)4/h5-6,9-10,12-13,16H,7-8,11,14H2,1-4H3,(H,28,29,30)/t16-/m0/s1. The van der Waals surface area contributed by atoms with E-state index >= 15 is 0 Å². The van der Waals surface area contributed by atoms with E-state index in [4.69, 9.17) is 4.74 Å². The Balaban J connectivity index is 1.40. The molecule has 0 bridgehead atoms. The number of carbonyl (C=O) groups is 3. The second kappa shape index (κ2) is 8.85. The molecule has 3 aromatic rings. The van der Waals surface area contributed by atoms with Gasteiger partial charge in [0.25, 0.3) is 11.8 Å². The van der Waals surface area contributed by atoms with Crippen LogP contribution in [0.3, 0.4) is 0 Å². The lowest BCUT2D eigenvalue weighted by molar-refractivity contribution is 0.0206. The number of benzene rings is 1. The molecule has 1 saturated heterocycles. The molecule has 186 valence electrons. The molecule has 2 aromatic heterocycles. The zero-order valence-electron chi connectivity index (χ0n) is 20.7. The second-order valence-corrected chi connectivity index (χ2v) is 10.1. The average Bonchev–Trinajstić information content (AvgIpc) is 3.09. The minimum Gasteiger partial charge on any atom is -0.444 e. The fourth-order valence-corrected chi connectivity index (χ4v) is 4.53. The lowest BCUT2D eigenvalue weighted by atomic mass is 10.1. The number of fused-ring (bicyclic) bond motifs is 2. The lowest BCUT2D eigenvalue weighted by Crippen LogP contribution is -2.47. The first kappa shape index (κ1) is 23.7. The van der Waals surface area contributed by atoms with E-state index in [1.165, 1.54) is 0 Å². The molecule has 1 aromatic carbocycles. The zero-order chi connectivity index (χ0) is 25.6. The van der Waals surface area contributed by atoms with E-state index in [0.717, 1.165) is 23.3 Å². The summed E-state index contributed by atoms with van der Waals surface area (Å²) in [5.74, 6) is -0.219. The highest BCUT2D eigenvalue weighted by Gasteiger charge is 2.38. The maximum atomic E-state index is 13.0. The Morgan fingerprint density at radius 2 is 1.78 bits per heavy atom. The van der Waals surface area contributed by atoms with Crippen LogP contribution in [0.15, 0.2) is 36.7 Å². The molecule has 2 aliphatic heterocycles. The number of rotatable bonds is 3. The summed E-state index contributed by atoms with van der Waals surface area (Å²) in [5, 5.41) is 3.84. The number of aromatic nitrogens is 3. The zero-order valence-corrected chi connectivity index (χ0v) is 20.7. The summed E-state index contributed by atoms with van der Waals surface area (Å²) in [6.45, 7) is 8.53. The van der Waals surface area contributed by atoms with Crippen molar-refractivity contribution in [1.82, 2.24) is 19.9 Å². The number of carbonyl (C=O) groups excluding carboxylic acids is 3. The number of ether oxygens (including phenoxy) is 1. The van der Waals surface area contributed by atoms with Crippen molar-refractivity contribution in [3.05, 3.63) is 53.3 Å². The third-order valence-corrected chi connectivity index (χ3v) is 6.20. The number of nitrogens with one attached hydrogen (secondary N) is 1. The SMILES string of the molecule is Cc1cnc(N2C(=O)c3ccccc3C2=O)c2cnc(N[C@H]3CCCN(C(=O)OC(C)(C)C)C3)nc12. The van der Waals surface area contributed by atoms with Gasteiger partial charge in [-0.2, -0.15) is 0 Å². The van der Waals surface area contributed by atoms with Gasteiger partial charge in [0.1, 0.15) is 5.60 Å². The van der Waals surface area contributed by atoms with Gasteiger partial charge in [0, 0.05) is 31.5 Å². The van der Waals surface area contributed by atoms with Crippen LogP contribution in [0, 0.1) is 6.92 Å². The summed E-state index contributed by atoms with van der Waals surface area (Å²) < 4.78 is 5.51. The Bertz CT molecular complexity index is 1350. The largest absolute Gasteiger partial charge is 0.444 e. The van der Waals surface area contributed by atoms with Gasteiger partial charge in [-0.15, -0.1) is 0 Å². The van der Waals surface area contributed by atoms with Gasteiger partial charge in [0.05, 0.1) is 22.0 Å². The van der Waals surface area contributed by atoms with Gasteiger partial charge in [0.2, 0.25) is 5.95 Å². The molecule has 2 aliphatic rings. The summed E-state index contributed by atoms with van der Waals surface area (Å²) in [7, 11) is 0. The molecule has 1 N–H and O–H groups in total. The van der Waals surface area contributed by atoms with Crippen LogP contribution >= 0.6 is 0 Å². The predicted octanol–water partition coefficient (Wildman–Crippen LogP) is 3.95. The first-order chi connectivity index (χ1) is 17.1. The summed E-state index contributed by atoms with van der Waals surface area (Å²) in [5.41, 5.74) is 1.53. The number of aryl methyl sites for hydroxylation is 1. The normalized spacial score (nSPS) is 17.9. The van der Waals surface area contributed by atoms with Crippen molar-refractivity contribution in [1.29, 1.82) is 0 Å². The predicted molar refractivity (Wildman–Crippen MR) is 134 cm³/mol. The van der Waals surface area contributed by atoms with Crippen molar-refractivity contribution in [3.63, 3.8) is 0 Å². The van der Waals surface area contributed by atoms with Crippen LogP contribution in [0.5, 0.6) is 0 Å². The number of anilines is 2. The van der Waals surface area contributed by atoms with Crippen molar-refractivity contribution in [2.75, 3.05) is 23.3 Å². The molecule has 0 radical (unpaired) electrons. The van der Waals surface area contributed by atoms with Crippen molar-refractivity contribution in [2.45, 2.75) is 52.2 Å². The summed E-state index contributed by atoms with van der Waals surface area (Å²) in [6, 6.07) is 6.68. The van der Waals surface area contributed by atoms with E-state index in [0.29, 0.717) is 41.1 Å². The molecule has 0 unspecified atom stereocenters. The van der Waals surface area contributed by atoms with E-state index in [1.807, 2.05) is 27.7 Å². The van der Waals surface area contributed by atoms with Crippen LogP contribution in [-0.2, 0) is 4.74 Å². The molecule has 1 atom stereocenters. The lowest BCUT2D eigenvalue weighted by Gasteiger charge is -2.34. The maximum Gasteiger partial charge on any atom is 0.410 e. The smallest absolute Gasteiger partial charge is 0.410 e. The summed E-state index contributed by atoms with van der Waals surface area (Å²) in [6.07, 6.45) is 4.54. The molecule has 0 saturated carbocycles. The monoisotopic (exact) mass is 488 g/mol. The molecule has 1 fully saturated rings. The first-order valence-corrected chi connectivity index (χ1v) is 12.0. The highest BCUT2D eigenvalue weighted by atomic mass is 16.6. The van der Waals surface area contributed by atoms with Crippen molar-refractivity contribution in [2.24, 2.45) is 0 Å². The quantitative estimate of drug-likeness (QED) is 0.551. The van der Waals surface area contributed by atoms with Gasteiger partial charge in [-0.1, -0.05) is 12.1 Å². The molecular formula is C26H28N6O4. The van der Waals surface area contributed by atoms with Gasteiger partial charge in [0.15, 0.2) is 5.82 Å². The molecule has 3 amide bonds. The Morgan fingerprint density at radius 3 is 2.44 bits per heavy atom. The average molecular weight is 489 g/mol. The van der Waals surface area contributed by atoms with Crippen molar-refractivity contribution >= 4 is 40.6 Å². The minimum absolute atomic E-state index is 0.0402. The second-order valence-electron chi connectivity index (χ2n) is 10.1. The summed E-state index contributed by atoms with van der Waals surface area (Å²) >= 11 is 0. The van der Waals surface area contributed by atoms with E-state index in [9.17, 15) is 14.4 Å². The third kappa shape index (κ3) is 4.34. The van der Waals surface area contributed by atoms with Crippen LogP contribution in [0.1, 0.15) is 59.9 Å². The number of piperidine rings is 1. The van der Waals surface area contributed by atoms with E-state index in [-0.39, 0.29) is 18.0 Å². The molecule has 0 aliphatic carbocycles. The van der Waals surface area contributed by atoms with Crippen LogP contribution in [0.25, 0.3) is 10.9 Å². The fraction of sp³-hybridized carbons (Fsp3) is 0.385. The van der Waals surface area contributed by atoms with E-state index < -0.39 is 17.4 Å². The Hall–Kier alpha value is -4.08. The molecule has 10 heteroatoms. The van der Waals surface area contributed by atoms with Gasteiger partial charge in [-0.25, -0.2) is 24.6 Å². The number of amides is 3. The number of pyridine rings is 1. The first-order valence-electron chi connectivity index (χ1n) is 12.0. The van der Waals surface area contributed by atoms with Crippen LogP contribution in [-0.4, -0.2) is 62.5 Å². The van der Waals surface area contributed by atoms with Gasteiger partial charge >= 0.3 is 6.09 Å². The number of hydrogen-bond acceptors (Lipinski definition) is 8.